The number of alkyl halides is 3. The molecule has 0 unspecified atom stereocenters. The molecule has 82 valence electrons. The summed E-state index contributed by atoms with van der Waals surface area (Å²) in [6.45, 7) is 5.21. The zero-order valence-corrected chi connectivity index (χ0v) is 8.10. The van der Waals surface area contributed by atoms with Gasteiger partial charge in [-0.25, -0.2) is 9.97 Å². The molecule has 6 heteroatoms. The van der Waals surface area contributed by atoms with Crippen molar-refractivity contribution in [1.82, 2.24) is 9.97 Å². The zero-order valence-electron chi connectivity index (χ0n) is 8.10. The molecule has 15 heavy (non-hydrogen) atoms. The molecule has 0 saturated heterocycles. The van der Waals surface area contributed by atoms with E-state index in [0.717, 1.165) is 6.07 Å². The lowest BCUT2D eigenvalue weighted by Gasteiger charge is -2.09. The number of halogens is 3. The Hall–Kier alpha value is -1.59. The maximum Gasteiger partial charge on any atom is 0.433 e. The molecule has 0 fully saturated rings. The highest BCUT2D eigenvalue weighted by molar-refractivity contribution is 5.37. The van der Waals surface area contributed by atoms with Crippen LogP contribution in [0.5, 0.6) is 0 Å². The van der Waals surface area contributed by atoms with Crippen LogP contribution in [0.4, 0.5) is 19.0 Å². The van der Waals surface area contributed by atoms with Crippen LogP contribution in [0, 0.1) is 6.92 Å². The molecular formula is C9H10F3N3. The van der Waals surface area contributed by atoms with E-state index in [0.29, 0.717) is 6.54 Å². The third-order valence-electron chi connectivity index (χ3n) is 1.56. The van der Waals surface area contributed by atoms with Gasteiger partial charge in [0, 0.05) is 12.6 Å². The van der Waals surface area contributed by atoms with Crippen LogP contribution in [0.1, 0.15) is 11.5 Å². The van der Waals surface area contributed by atoms with Gasteiger partial charge in [0.25, 0.3) is 0 Å². The van der Waals surface area contributed by atoms with E-state index in [1.807, 2.05) is 0 Å². The summed E-state index contributed by atoms with van der Waals surface area (Å²) in [5.41, 5.74) is -0.943. The Morgan fingerprint density at radius 1 is 1.47 bits per heavy atom. The Labute approximate surface area is 85.1 Å². The first-order valence-corrected chi connectivity index (χ1v) is 4.21. The maximum atomic E-state index is 12.3. The van der Waals surface area contributed by atoms with E-state index in [1.165, 1.54) is 13.0 Å². The lowest BCUT2D eigenvalue weighted by atomic mass is 10.3. The lowest BCUT2D eigenvalue weighted by molar-refractivity contribution is -0.141. The van der Waals surface area contributed by atoms with Gasteiger partial charge in [0.1, 0.15) is 17.3 Å². The monoisotopic (exact) mass is 217 g/mol. The number of hydrogen-bond acceptors (Lipinski definition) is 3. The van der Waals surface area contributed by atoms with Gasteiger partial charge in [-0.15, -0.1) is 6.58 Å². The van der Waals surface area contributed by atoms with Gasteiger partial charge in [-0.05, 0) is 6.92 Å². The van der Waals surface area contributed by atoms with Crippen LogP contribution in [-0.4, -0.2) is 16.5 Å². The second kappa shape index (κ2) is 4.29. The highest BCUT2D eigenvalue weighted by atomic mass is 19.4. The molecule has 0 aliphatic heterocycles. The molecule has 0 atom stereocenters. The Kier molecular flexibility index (Phi) is 3.28. The molecule has 3 nitrogen and oxygen atoms in total. The van der Waals surface area contributed by atoms with Crippen molar-refractivity contribution in [3.05, 3.63) is 30.2 Å². The SMILES string of the molecule is C=CCNc1cc(C(F)(F)F)nc(C)n1. The molecule has 1 aromatic heterocycles. The molecular weight excluding hydrogens is 207 g/mol. The smallest absolute Gasteiger partial charge is 0.366 e. The molecule has 1 heterocycles. The van der Waals surface area contributed by atoms with Crippen LogP contribution in [0.2, 0.25) is 0 Å². The second-order valence-corrected chi connectivity index (χ2v) is 2.85. The van der Waals surface area contributed by atoms with Crippen LogP contribution in [0.25, 0.3) is 0 Å². The van der Waals surface area contributed by atoms with Gasteiger partial charge >= 0.3 is 6.18 Å². The molecule has 1 rings (SSSR count). The minimum atomic E-state index is -4.45. The first-order chi connectivity index (χ1) is 6.93. The quantitative estimate of drug-likeness (QED) is 0.790. The minimum absolute atomic E-state index is 0.0800. The standard InChI is InChI=1S/C9H10F3N3/c1-3-4-13-8-5-7(9(10,11)12)14-6(2)15-8/h3,5H,1,4H2,2H3,(H,13,14,15). The van der Waals surface area contributed by atoms with Crippen molar-refractivity contribution in [1.29, 1.82) is 0 Å². The molecule has 0 aromatic carbocycles. The summed E-state index contributed by atoms with van der Waals surface area (Å²) >= 11 is 0. The fourth-order valence-electron chi connectivity index (χ4n) is 0.980. The highest BCUT2D eigenvalue weighted by Gasteiger charge is 2.33. The molecule has 0 saturated carbocycles. The third-order valence-corrected chi connectivity index (χ3v) is 1.56. The summed E-state index contributed by atoms with van der Waals surface area (Å²) in [5, 5.41) is 2.68. The molecule has 0 aliphatic rings. The number of anilines is 1. The van der Waals surface area contributed by atoms with E-state index < -0.39 is 11.9 Å². The Balaban J connectivity index is 3.00. The first kappa shape index (κ1) is 11.5. The van der Waals surface area contributed by atoms with E-state index in [4.69, 9.17) is 0 Å². The van der Waals surface area contributed by atoms with Gasteiger partial charge in [-0.3, -0.25) is 0 Å². The number of hydrogen-bond donors (Lipinski definition) is 1. The number of nitrogens with one attached hydrogen (secondary N) is 1. The summed E-state index contributed by atoms with van der Waals surface area (Å²) in [4.78, 5) is 7.13. The number of aryl methyl sites for hydroxylation is 1. The van der Waals surface area contributed by atoms with Crippen molar-refractivity contribution in [2.45, 2.75) is 13.1 Å². The second-order valence-electron chi connectivity index (χ2n) is 2.85. The molecule has 0 aliphatic carbocycles. The average Bonchev–Trinajstić information content (AvgIpc) is 2.12. The van der Waals surface area contributed by atoms with Gasteiger partial charge in [-0.1, -0.05) is 6.08 Å². The fourth-order valence-corrected chi connectivity index (χ4v) is 0.980. The van der Waals surface area contributed by atoms with E-state index in [9.17, 15) is 13.2 Å². The van der Waals surface area contributed by atoms with E-state index in [2.05, 4.69) is 21.9 Å². The summed E-state index contributed by atoms with van der Waals surface area (Å²) in [7, 11) is 0. The zero-order chi connectivity index (χ0) is 11.5. The summed E-state index contributed by atoms with van der Waals surface area (Å²) in [6, 6.07) is 0.872. The van der Waals surface area contributed by atoms with Crippen LogP contribution >= 0.6 is 0 Å². The summed E-state index contributed by atoms with van der Waals surface area (Å²) in [6.07, 6.45) is -2.91. The third kappa shape index (κ3) is 3.23. The van der Waals surface area contributed by atoms with Crippen molar-refractivity contribution in [2.24, 2.45) is 0 Å². The summed E-state index contributed by atoms with van der Waals surface area (Å²) < 4.78 is 37.0. The van der Waals surface area contributed by atoms with E-state index in [-0.39, 0.29) is 11.6 Å². The van der Waals surface area contributed by atoms with Crippen molar-refractivity contribution in [3.8, 4) is 0 Å². The van der Waals surface area contributed by atoms with E-state index in [1.54, 1.807) is 0 Å². The Morgan fingerprint density at radius 3 is 2.67 bits per heavy atom. The predicted octanol–water partition coefficient (Wildman–Crippen LogP) is 2.40. The number of nitrogens with zero attached hydrogens (tertiary/aromatic N) is 2. The van der Waals surface area contributed by atoms with Crippen molar-refractivity contribution < 1.29 is 13.2 Å². The minimum Gasteiger partial charge on any atom is -0.366 e. The molecule has 0 spiro atoms. The Bertz CT molecular complexity index is 360. The first-order valence-electron chi connectivity index (χ1n) is 4.21. The molecule has 1 aromatic rings. The van der Waals surface area contributed by atoms with Crippen LogP contribution < -0.4 is 5.32 Å². The van der Waals surface area contributed by atoms with Crippen molar-refractivity contribution in [3.63, 3.8) is 0 Å². The van der Waals surface area contributed by atoms with Crippen LogP contribution in [0.15, 0.2) is 18.7 Å². The Morgan fingerprint density at radius 2 is 2.13 bits per heavy atom. The van der Waals surface area contributed by atoms with Crippen LogP contribution in [0.3, 0.4) is 0 Å². The lowest BCUT2D eigenvalue weighted by Crippen LogP contribution is -2.12. The maximum absolute atomic E-state index is 12.3. The predicted molar refractivity (Wildman–Crippen MR) is 50.5 cm³/mol. The van der Waals surface area contributed by atoms with Crippen molar-refractivity contribution in [2.75, 3.05) is 11.9 Å². The molecule has 0 bridgehead atoms. The van der Waals surface area contributed by atoms with Gasteiger partial charge in [0.2, 0.25) is 0 Å². The van der Waals surface area contributed by atoms with Crippen molar-refractivity contribution >= 4 is 5.82 Å². The van der Waals surface area contributed by atoms with Gasteiger partial charge in [-0.2, -0.15) is 13.2 Å². The molecule has 1 N–H and O–H groups in total. The van der Waals surface area contributed by atoms with Gasteiger partial charge < -0.3 is 5.32 Å². The molecule has 0 radical (unpaired) electrons. The normalized spacial score (nSPS) is 11.2. The van der Waals surface area contributed by atoms with E-state index >= 15 is 0 Å². The highest BCUT2D eigenvalue weighted by Crippen LogP contribution is 2.28. The number of rotatable bonds is 3. The largest absolute Gasteiger partial charge is 0.433 e. The molecule has 0 amide bonds. The van der Waals surface area contributed by atoms with Crippen LogP contribution in [-0.2, 0) is 6.18 Å². The average molecular weight is 217 g/mol. The summed E-state index contributed by atoms with van der Waals surface area (Å²) in [5.74, 6) is 0.228. The van der Waals surface area contributed by atoms with Gasteiger partial charge in [0.05, 0.1) is 0 Å². The van der Waals surface area contributed by atoms with Gasteiger partial charge in [0.15, 0.2) is 0 Å². The topological polar surface area (TPSA) is 37.8 Å². The fraction of sp³-hybridized carbons (Fsp3) is 0.333. The number of aromatic nitrogens is 2.